The first-order valence-corrected chi connectivity index (χ1v) is 6.85. The highest BCUT2D eigenvalue weighted by atomic mass is 14.7. The molecule has 0 N–H and O–H groups in total. The van der Waals surface area contributed by atoms with Gasteiger partial charge in [0.25, 0.3) is 0 Å². The molecule has 0 saturated carbocycles. The third kappa shape index (κ3) is 2.86. The van der Waals surface area contributed by atoms with Gasteiger partial charge in [0.15, 0.2) is 0 Å². The molecule has 2 rings (SSSR count). The van der Waals surface area contributed by atoms with Crippen LogP contribution < -0.4 is 0 Å². The molecular weight excluding hydrogens is 230 g/mol. The zero-order chi connectivity index (χ0) is 14.2. The maximum absolute atomic E-state index is 4.70. The Labute approximate surface area is 116 Å². The summed E-state index contributed by atoms with van der Waals surface area (Å²) in [7, 11) is 0. The van der Waals surface area contributed by atoms with Gasteiger partial charge in [0.1, 0.15) is 0 Å². The maximum atomic E-state index is 4.70. The van der Waals surface area contributed by atoms with Crippen molar-refractivity contribution in [3.05, 3.63) is 52.7 Å². The zero-order valence-electron chi connectivity index (χ0n) is 12.8. The molecule has 100 valence electrons. The van der Waals surface area contributed by atoms with Crippen molar-refractivity contribution in [2.45, 2.75) is 47.0 Å². The number of benzene rings is 1. The summed E-state index contributed by atoms with van der Waals surface area (Å²) in [5, 5.41) is 0. The van der Waals surface area contributed by atoms with Crippen LogP contribution >= 0.6 is 0 Å². The molecule has 0 atom stereocenters. The summed E-state index contributed by atoms with van der Waals surface area (Å²) in [4.78, 5) is 4.70. The number of rotatable bonds is 1. The van der Waals surface area contributed by atoms with E-state index in [1.54, 1.807) is 0 Å². The summed E-state index contributed by atoms with van der Waals surface area (Å²) < 4.78 is 0. The Bertz CT molecular complexity index is 604. The third-order valence-corrected chi connectivity index (χ3v) is 3.69. The molecule has 19 heavy (non-hydrogen) atoms. The Morgan fingerprint density at radius 3 is 2.05 bits per heavy atom. The van der Waals surface area contributed by atoms with Crippen LogP contribution in [0.1, 0.15) is 43.2 Å². The van der Waals surface area contributed by atoms with Crippen LogP contribution in [0.3, 0.4) is 0 Å². The van der Waals surface area contributed by atoms with Gasteiger partial charge in [-0.15, -0.1) is 0 Å². The SMILES string of the molecule is Cc1ccc(-c2ccc(C)c(C)n2)cc1C(C)(C)C. The maximum Gasteiger partial charge on any atom is 0.0705 e. The van der Waals surface area contributed by atoms with Gasteiger partial charge in [0, 0.05) is 11.3 Å². The number of aromatic nitrogens is 1. The number of hydrogen-bond acceptors (Lipinski definition) is 1. The van der Waals surface area contributed by atoms with Gasteiger partial charge < -0.3 is 0 Å². The summed E-state index contributed by atoms with van der Waals surface area (Å²) >= 11 is 0. The Morgan fingerprint density at radius 2 is 1.47 bits per heavy atom. The zero-order valence-corrected chi connectivity index (χ0v) is 12.8. The van der Waals surface area contributed by atoms with Crippen LogP contribution in [0.25, 0.3) is 11.3 Å². The van der Waals surface area contributed by atoms with Crippen LogP contribution in [-0.4, -0.2) is 4.98 Å². The number of aryl methyl sites for hydroxylation is 3. The van der Waals surface area contributed by atoms with E-state index in [4.69, 9.17) is 4.98 Å². The molecule has 0 saturated heterocycles. The molecular formula is C18H23N. The van der Waals surface area contributed by atoms with Crippen molar-refractivity contribution in [1.29, 1.82) is 0 Å². The van der Waals surface area contributed by atoms with Gasteiger partial charge >= 0.3 is 0 Å². The molecule has 0 aliphatic heterocycles. The van der Waals surface area contributed by atoms with Crippen LogP contribution in [0.15, 0.2) is 30.3 Å². The predicted octanol–water partition coefficient (Wildman–Crippen LogP) is 4.97. The minimum Gasteiger partial charge on any atom is -0.253 e. The summed E-state index contributed by atoms with van der Waals surface area (Å²) in [6, 6.07) is 10.9. The normalized spacial score (nSPS) is 11.7. The summed E-state index contributed by atoms with van der Waals surface area (Å²) in [5.41, 5.74) is 7.53. The molecule has 1 nitrogen and oxygen atoms in total. The van der Waals surface area contributed by atoms with Crippen LogP contribution in [-0.2, 0) is 5.41 Å². The monoisotopic (exact) mass is 253 g/mol. The van der Waals surface area contributed by atoms with Gasteiger partial charge in [0.2, 0.25) is 0 Å². The average Bonchev–Trinajstić information content (AvgIpc) is 2.32. The van der Waals surface area contributed by atoms with E-state index in [-0.39, 0.29) is 5.41 Å². The minimum atomic E-state index is 0.167. The van der Waals surface area contributed by atoms with E-state index in [0.717, 1.165) is 11.4 Å². The first-order chi connectivity index (χ1) is 8.79. The summed E-state index contributed by atoms with van der Waals surface area (Å²) in [6.07, 6.45) is 0. The fraction of sp³-hybridized carbons (Fsp3) is 0.389. The van der Waals surface area contributed by atoms with Crippen LogP contribution in [0.2, 0.25) is 0 Å². The van der Waals surface area contributed by atoms with Crippen molar-refractivity contribution in [2.75, 3.05) is 0 Å². The van der Waals surface area contributed by atoms with Gasteiger partial charge in [-0.2, -0.15) is 0 Å². The molecule has 1 aromatic heterocycles. The fourth-order valence-corrected chi connectivity index (χ4v) is 2.38. The second kappa shape index (κ2) is 4.80. The van der Waals surface area contributed by atoms with Crippen molar-refractivity contribution in [3.8, 4) is 11.3 Å². The summed E-state index contributed by atoms with van der Waals surface area (Å²) in [5.74, 6) is 0. The second-order valence-corrected chi connectivity index (χ2v) is 6.38. The van der Waals surface area contributed by atoms with Crippen LogP contribution in [0.5, 0.6) is 0 Å². The molecule has 0 aliphatic carbocycles. The van der Waals surface area contributed by atoms with E-state index >= 15 is 0 Å². The molecule has 0 spiro atoms. The highest BCUT2D eigenvalue weighted by Crippen LogP contribution is 2.30. The van der Waals surface area contributed by atoms with E-state index in [2.05, 4.69) is 71.9 Å². The smallest absolute Gasteiger partial charge is 0.0705 e. The average molecular weight is 253 g/mol. The van der Waals surface area contributed by atoms with Crippen LogP contribution in [0, 0.1) is 20.8 Å². The Morgan fingerprint density at radius 1 is 0.842 bits per heavy atom. The van der Waals surface area contributed by atoms with Crippen molar-refractivity contribution in [1.82, 2.24) is 4.98 Å². The number of pyridine rings is 1. The number of nitrogens with zero attached hydrogens (tertiary/aromatic N) is 1. The minimum absolute atomic E-state index is 0.167. The van der Waals surface area contributed by atoms with Crippen molar-refractivity contribution < 1.29 is 0 Å². The van der Waals surface area contributed by atoms with E-state index < -0.39 is 0 Å². The second-order valence-electron chi connectivity index (χ2n) is 6.38. The van der Waals surface area contributed by atoms with E-state index in [1.807, 2.05) is 0 Å². The molecule has 0 aliphatic rings. The molecule has 0 amide bonds. The molecule has 1 heteroatoms. The highest BCUT2D eigenvalue weighted by Gasteiger charge is 2.17. The van der Waals surface area contributed by atoms with Crippen molar-refractivity contribution in [2.24, 2.45) is 0 Å². The van der Waals surface area contributed by atoms with Gasteiger partial charge in [0.05, 0.1) is 5.69 Å². The van der Waals surface area contributed by atoms with Gasteiger partial charge in [-0.3, -0.25) is 4.98 Å². The van der Waals surface area contributed by atoms with Crippen LogP contribution in [0.4, 0.5) is 0 Å². The molecule has 0 unspecified atom stereocenters. The molecule has 0 bridgehead atoms. The molecule has 2 aromatic rings. The summed E-state index contributed by atoms with van der Waals surface area (Å²) in [6.45, 7) is 13.1. The lowest BCUT2D eigenvalue weighted by Crippen LogP contribution is -2.13. The first-order valence-electron chi connectivity index (χ1n) is 6.85. The highest BCUT2D eigenvalue weighted by molar-refractivity contribution is 5.62. The predicted molar refractivity (Wildman–Crippen MR) is 82.6 cm³/mol. The number of hydrogen-bond donors (Lipinski definition) is 0. The van der Waals surface area contributed by atoms with E-state index in [0.29, 0.717) is 0 Å². The lowest BCUT2D eigenvalue weighted by molar-refractivity contribution is 0.586. The molecule has 0 fully saturated rings. The quantitative estimate of drug-likeness (QED) is 0.699. The van der Waals surface area contributed by atoms with Crippen molar-refractivity contribution in [3.63, 3.8) is 0 Å². The lowest BCUT2D eigenvalue weighted by atomic mass is 9.83. The van der Waals surface area contributed by atoms with Crippen molar-refractivity contribution >= 4 is 0 Å². The lowest BCUT2D eigenvalue weighted by Gasteiger charge is -2.22. The first kappa shape index (κ1) is 13.8. The molecule has 0 radical (unpaired) electrons. The Hall–Kier alpha value is -1.63. The molecule has 1 heterocycles. The Kier molecular flexibility index (Phi) is 3.49. The molecule has 1 aromatic carbocycles. The van der Waals surface area contributed by atoms with Gasteiger partial charge in [-0.05, 0) is 55.0 Å². The fourth-order valence-electron chi connectivity index (χ4n) is 2.38. The largest absolute Gasteiger partial charge is 0.253 e. The van der Waals surface area contributed by atoms with E-state index in [1.165, 1.54) is 22.3 Å². The topological polar surface area (TPSA) is 12.9 Å². The standard InChI is InChI=1S/C18H23N/c1-12-8-10-17(19-14(12)3)15-9-7-13(2)16(11-15)18(4,5)6/h7-11H,1-6H3. The van der Waals surface area contributed by atoms with Gasteiger partial charge in [-0.1, -0.05) is 39.0 Å². The third-order valence-electron chi connectivity index (χ3n) is 3.69. The van der Waals surface area contributed by atoms with Gasteiger partial charge in [-0.25, -0.2) is 0 Å². The Balaban J connectivity index is 2.54. The van der Waals surface area contributed by atoms with E-state index in [9.17, 15) is 0 Å².